The van der Waals surface area contributed by atoms with Crippen LogP contribution in [0.15, 0.2) is 18.2 Å². The molecule has 0 aromatic heterocycles. The van der Waals surface area contributed by atoms with Crippen LogP contribution in [0.5, 0.6) is 0 Å². The van der Waals surface area contributed by atoms with Gasteiger partial charge in [-0.1, -0.05) is 25.1 Å². The summed E-state index contributed by atoms with van der Waals surface area (Å²) in [5, 5.41) is 5.75. The van der Waals surface area contributed by atoms with Crippen molar-refractivity contribution in [1.82, 2.24) is 5.32 Å². The summed E-state index contributed by atoms with van der Waals surface area (Å²) in [6.45, 7) is 6.47. The lowest BCUT2D eigenvalue weighted by molar-refractivity contribution is 0.173. The number of rotatable bonds is 5. The Kier molecular flexibility index (Phi) is 5.65. The van der Waals surface area contributed by atoms with E-state index in [0.717, 1.165) is 23.2 Å². The standard InChI is InChI=1S/C14H22N2O2/c1-5-12-8-6-7-10(2)13(12)16-14(17)15-11(3)9-18-4/h6-8,11H,5,9H2,1-4H3,(H2,15,16,17). The topological polar surface area (TPSA) is 50.4 Å². The molecule has 0 aliphatic carbocycles. The number of para-hydroxylation sites is 1. The van der Waals surface area contributed by atoms with Crippen molar-refractivity contribution in [3.05, 3.63) is 29.3 Å². The highest BCUT2D eigenvalue weighted by molar-refractivity contribution is 5.91. The van der Waals surface area contributed by atoms with Gasteiger partial charge in [-0.15, -0.1) is 0 Å². The van der Waals surface area contributed by atoms with E-state index in [9.17, 15) is 4.79 Å². The highest BCUT2D eigenvalue weighted by Crippen LogP contribution is 2.20. The summed E-state index contributed by atoms with van der Waals surface area (Å²) >= 11 is 0. The number of amides is 2. The molecule has 0 aliphatic heterocycles. The summed E-state index contributed by atoms with van der Waals surface area (Å²) in [7, 11) is 1.62. The minimum atomic E-state index is -0.191. The van der Waals surface area contributed by atoms with Crippen molar-refractivity contribution in [2.45, 2.75) is 33.2 Å². The van der Waals surface area contributed by atoms with Gasteiger partial charge in [0.25, 0.3) is 0 Å². The van der Waals surface area contributed by atoms with E-state index in [1.54, 1.807) is 7.11 Å². The summed E-state index contributed by atoms with van der Waals surface area (Å²) in [6, 6.07) is 5.83. The van der Waals surface area contributed by atoms with Gasteiger partial charge in [-0.2, -0.15) is 0 Å². The molecule has 1 aromatic carbocycles. The Hall–Kier alpha value is -1.55. The molecule has 4 nitrogen and oxygen atoms in total. The number of carbonyl (C=O) groups is 1. The first-order valence-corrected chi connectivity index (χ1v) is 6.23. The van der Waals surface area contributed by atoms with Crippen LogP contribution in [0.4, 0.5) is 10.5 Å². The van der Waals surface area contributed by atoms with E-state index in [0.29, 0.717) is 6.61 Å². The molecule has 0 heterocycles. The molecule has 0 saturated carbocycles. The third-order valence-electron chi connectivity index (χ3n) is 2.77. The average Bonchev–Trinajstić information content (AvgIpc) is 2.31. The van der Waals surface area contributed by atoms with E-state index < -0.39 is 0 Å². The van der Waals surface area contributed by atoms with Crippen molar-refractivity contribution >= 4 is 11.7 Å². The smallest absolute Gasteiger partial charge is 0.319 e. The van der Waals surface area contributed by atoms with Gasteiger partial charge in [-0.3, -0.25) is 0 Å². The molecule has 4 heteroatoms. The minimum Gasteiger partial charge on any atom is -0.383 e. The Labute approximate surface area is 109 Å². The van der Waals surface area contributed by atoms with Crippen molar-refractivity contribution in [2.24, 2.45) is 0 Å². The van der Waals surface area contributed by atoms with Gasteiger partial charge < -0.3 is 15.4 Å². The first kappa shape index (κ1) is 14.5. The molecule has 1 aromatic rings. The zero-order valence-corrected chi connectivity index (χ0v) is 11.5. The van der Waals surface area contributed by atoms with Crippen LogP contribution in [0.2, 0.25) is 0 Å². The maximum absolute atomic E-state index is 11.8. The monoisotopic (exact) mass is 250 g/mol. The number of methoxy groups -OCH3 is 1. The van der Waals surface area contributed by atoms with Gasteiger partial charge in [-0.25, -0.2) is 4.79 Å². The molecular formula is C14H22N2O2. The van der Waals surface area contributed by atoms with Crippen LogP contribution >= 0.6 is 0 Å². The molecule has 1 atom stereocenters. The SMILES string of the molecule is CCc1cccc(C)c1NC(=O)NC(C)COC. The largest absolute Gasteiger partial charge is 0.383 e. The molecule has 18 heavy (non-hydrogen) atoms. The summed E-state index contributed by atoms with van der Waals surface area (Å²) in [4.78, 5) is 11.8. The number of hydrogen-bond acceptors (Lipinski definition) is 2. The third kappa shape index (κ3) is 4.04. The average molecular weight is 250 g/mol. The Morgan fingerprint density at radius 3 is 2.78 bits per heavy atom. The molecule has 0 saturated heterocycles. The van der Waals surface area contributed by atoms with Crippen LogP contribution in [0.3, 0.4) is 0 Å². The molecule has 0 aliphatic rings. The lowest BCUT2D eigenvalue weighted by Gasteiger charge is -2.16. The van der Waals surface area contributed by atoms with Crippen LogP contribution in [-0.2, 0) is 11.2 Å². The van der Waals surface area contributed by atoms with Gasteiger partial charge in [-0.05, 0) is 31.4 Å². The molecule has 1 unspecified atom stereocenters. The molecule has 1 rings (SSSR count). The van der Waals surface area contributed by atoms with E-state index in [1.807, 2.05) is 32.0 Å². The van der Waals surface area contributed by atoms with Crippen LogP contribution in [0.25, 0.3) is 0 Å². The van der Waals surface area contributed by atoms with Gasteiger partial charge in [0.15, 0.2) is 0 Å². The van der Waals surface area contributed by atoms with Crippen LogP contribution in [-0.4, -0.2) is 25.8 Å². The number of ether oxygens (including phenoxy) is 1. The highest BCUT2D eigenvalue weighted by atomic mass is 16.5. The Morgan fingerprint density at radius 1 is 1.44 bits per heavy atom. The van der Waals surface area contributed by atoms with Gasteiger partial charge in [0, 0.05) is 12.8 Å². The zero-order chi connectivity index (χ0) is 13.5. The number of benzene rings is 1. The van der Waals surface area contributed by atoms with Crippen LogP contribution in [0.1, 0.15) is 25.0 Å². The van der Waals surface area contributed by atoms with Gasteiger partial charge >= 0.3 is 6.03 Å². The van der Waals surface area contributed by atoms with Crippen molar-refractivity contribution in [3.8, 4) is 0 Å². The van der Waals surface area contributed by atoms with Crippen LogP contribution in [0, 0.1) is 6.92 Å². The number of carbonyl (C=O) groups excluding carboxylic acids is 1. The fraction of sp³-hybridized carbons (Fsp3) is 0.500. The van der Waals surface area contributed by atoms with Crippen molar-refractivity contribution in [1.29, 1.82) is 0 Å². The predicted octanol–water partition coefficient (Wildman–Crippen LogP) is 2.71. The molecule has 0 radical (unpaired) electrons. The summed E-state index contributed by atoms with van der Waals surface area (Å²) < 4.78 is 4.98. The number of urea groups is 1. The molecule has 0 fully saturated rings. The first-order valence-electron chi connectivity index (χ1n) is 6.23. The Bertz CT molecular complexity index is 405. The normalized spacial score (nSPS) is 12.0. The van der Waals surface area contributed by atoms with E-state index in [4.69, 9.17) is 4.74 Å². The fourth-order valence-corrected chi connectivity index (χ4v) is 1.87. The molecular weight excluding hydrogens is 228 g/mol. The maximum Gasteiger partial charge on any atom is 0.319 e. The second-order valence-electron chi connectivity index (χ2n) is 4.42. The Balaban J connectivity index is 2.69. The van der Waals surface area contributed by atoms with Crippen molar-refractivity contribution < 1.29 is 9.53 Å². The highest BCUT2D eigenvalue weighted by Gasteiger charge is 2.10. The molecule has 0 spiro atoms. The minimum absolute atomic E-state index is 0.0101. The summed E-state index contributed by atoms with van der Waals surface area (Å²) in [5.41, 5.74) is 3.12. The Morgan fingerprint density at radius 2 is 2.17 bits per heavy atom. The lowest BCUT2D eigenvalue weighted by Crippen LogP contribution is -2.38. The van der Waals surface area contributed by atoms with Crippen molar-refractivity contribution in [3.63, 3.8) is 0 Å². The van der Waals surface area contributed by atoms with Gasteiger partial charge in [0.1, 0.15) is 0 Å². The fourth-order valence-electron chi connectivity index (χ4n) is 1.87. The second kappa shape index (κ2) is 7.01. The van der Waals surface area contributed by atoms with Crippen LogP contribution < -0.4 is 10.6 Å². The second-order valence-corrected chi connectivity index (χ2v) is 4.42. The number of anilines is 1. The number of aryl methyl sites for hydroxylation is 2. The molecule has 2 N–H and O–H groups in total. The summed E-state index contributed by atoms with van der Waals surface area (Å²) in [6.07, 6.45) is 0.894. The predicted molar refractivity (Wildman–Crippen MR) is 74.0 cm³/mol. The van der Waals surface area contributed by atoms with E-state index in [-0.39, 0.29) is 12.1 Å². The third-order valence-corrected chi connectivity index (χ3v) is 2.77. The quantitative estimate of drug-likeness (QED) is 0.844. The number of nitrogens with one attached hydrogen (secondary N) is 2. The molecule has 0 bridgehead atoms. The van der Waals surface area contributed by atoms with E-state index in [2.05, 4.69) is 17.6 Å². The van der Waals surface area contributed by atoms with Gasteiger partial charge in [0.05, 0.1) is 12.6 Å². The maximum atomic E-state index is 11.8. The van der Waals surface area contributed by atoms with E-state index >= 15 is 0 Å². The van der Waals surface area contributed by atoms with Gasteiger partial charge in [0.2, 0.25) is 0 Å². The molecule has 2 amide bonds. The van der Waals surface area contributed by atoms with E-state index in [1.165, 1.54) is 0 Å². The zero-order valence-electron chi connectivity index (χ0n) is 11.5. The summed E-state index contributed by atoms with van der Waals surface area (Å²) in [5.74, 6) is 0. The molecule has 100 valence electrons. The van der Waals surface area contributed by atoms with Crippen molar-refractivity contribution in [2.75, 3.05) is 19.0 Å². The number of hydrogen-bond donors (Lipinski definition) is 2. The lowest BCUT2D eigenvalue weighted by atomic mass is 10.1. The first-order chi connectivity index (χ1) is 8.58.